The molecule has 2 heterocycles. The van der Waals surface area contributed by atoms with Gasteiger partial charge < -0.3 is 10.6 Å². The standard InChI is InChI=1S/C15H21BrN4S/c1-3-6-11(12-7-5-9-21-12)20-15-13(16)14(17-8-4-2)18-10-19-15/h5,7,9-11H,3-4,6,8H2,1-2H3,(H2,17,18,19,20). The molecule has 0 saturated heterocycles. The second-order valence-corrected chi connectivity index (χ2v) is 6.58. The summed E-state index contributed by atoms with van der Waals surface area (Å²) in [5.74, 6) is 1.69. The molecule has 2 rings (SSSR count). The van der Waals surface area contributed by atoms with Crippen LogP contribution in [0.4, 0.5) is 11.6 Å². The summed E-state index contributed by atoms with van der Waals surface area (Å²) in [5.41, 5.74) is 0. The van der Waals surface area contributed by atoms with Gasteiger partial charge in [0.2, 0.25) is 0 Å². The molecule has 0 bridgehead atoms. The predicted octanol–water partition coefficient (Wildman–Crippen LogP) is 5.08. The van der Waals surface area contributed by atoms with Gasteiger partial charge in [-0.1, -0.05) is 26.3 Å². The molecule has 0 spiro atoms. The van der Waals surface area contributed by atoms with Crippen molar-refractivity contribution in [2.45, 2.75) is 39.2 Å². The maximum atomic E-state index is 4.37. The summed E-state index contributed by atoms with van der Waals surface area (Å²) in [7, 11) is 0. The lowest BCUT2D eigenvalue weighted by Gasteiger charge is -2.19. The molecule has 1 unspecified atom stereocenters. The van der Waals surface area contributed by atoms with Gasteiger partial charge in [0.1, 0.15) is 22.4 Å². The number of hydrogen-bond donors (Lipinski definition) is 2. The minimum absolute atomic E-state index is 0.292. The summed E-state index contributed by atoms with van der Waals surface area (Å²) < 4.78 is 0.899. The van der Waals surface area contributed by atoms with Crippen LogP contribution in [0.2, 0.25) is 0 Å². The Morgan fingerprint density at radius 2 is 2.05 bits per heavy atom. The molecule has 0 radical (unpaired) electrons. The van der Waals surface area contributed by atoms with Crippen LogP contribution in [-0.4, -0.2) is 16.5 Å². The van der Waals surface area contributed by atoms with Gasteiger partial charge in [0, 0.05) is 11.4 Å². The molecule has 0 aliphatic heterocycles. The Balaban J connectivity index is 2.16. The van der Waals surface area contributed by atoms with E-state index in [2.05, 4.69) is 67.9 Å². The first kappa shape index (κ1) is 16.2. The van der Waals surface area contributed by atoms with Crippen LogP contribution >= 0.6 is 27.3 Å². The van der Waals surface area contributed by atoms with Crippen molar-refractivity contribution in [1.82, 2.24) is 9.97 Å². The van der Waals surface area contributed by atoms with Crippen molar-refractivity contribution < 1.29 is 0 Å². The Hall–Kier alpha value is -1.14. The fourth-order valence-electron chi connectivity index (χ4n) is 2.07. The zero-order valence-corrected chi connectivity index (χ0v) is 14.8. The van der Waals surface area contributed by atoms with Crippen LogP contribution in [-0.2, 0) is 0 Å². The highest BCUT2D eigenvalue weighted by Crippen LogP contribution is 2.32. The number of thiophene rings is 1. The molecule has 0 aromatic carbocycles. The number of nitrogens with zero attached hydrogens (tertiary/aromatic N) is 2. The Morgan fingerprint density at radius 1 is 1.24 bits per heavy atom. The van der Waals surface area contributed by atoms with Gasteiger partial charge in [-0.05, 0) is 40.2 Å². The highest BCUT2D eigenvalue weighted by molar-refractivity contribution is 9.10. The van der Waals surface area contributed by atoms with Crippen LogP contribution in [0.1, 0.15) is 44.0 Å². The summed E-state index contributed by atoms with van der Waals surface area (Å²) in [6.45, 7) is 5.24. The molecule has 114 valence electrons. The van der Waals surface area contributed by atoms with E-state index in [1.807, 2.05) is 0 Å². The molecule has 1 atom stereocenters. The minimum Gasteiger partial charge on any atom is -0.369 e. The van der Waals surface area contributed by atoms with Crippen molar-refractivity contribution in [3.8, 4) is 0 Å². The minimum atomic E-state index is 0.292. The van der Waals surface area contributed by atoms with Crippen LogP contribution in [0.25, 0.3) is 0 Å². The van der Waals surface area contributed by atoms with Gasteiger partial charge in [-0.2, -0.15) is 0 Å². The SMILES string of the molecule is CCCNc1ncnc(NC(CCC)c2cccs2)c1Br. The third kappa shape index (κ3) is 4.41. The molecular weight excluding hydrogens is 348 g/mol. The molecule has 2 N–H and O–H groups in total. The first-order chi connectivity index (χ1) is 10.3. The molecule has 0 aliphatic rings. The van der Waals surface area contributed by atoms with E-state index in [4.69, 9.17) is 0 Å². The van der Waals surface area contributed by atoms with Crippen LogP contribution in [0, 0.1) is 0 Å². The summed E-state index contributed by atoms with van der Waals surface area (Å²) in [6, 6.07) is 4.55. The van der Waals surface area contributed by atoms with Crippen molar-refractivity contribution in [2.75, 3.05) is 17.2 Å². The number of halogens is 1. The number of aromatic nitrogens is 2. The number of rotatable bonds is 8. The van der Waals surface area contributed by atoms with E-state index < -0.39 is 0 Å². The van der Waals surface area contributed by atoms with Gasteiger partial charge in [-0.25, -0.2) is 9.97 Å². The number of nitrogens with one attached hydrogen (secondary N) is 2. The van der Waals surface area contributed by atoms with E-state index in [0.29, 0.717) is 6.04 Å². The van der Waals surface area contributed by atoms with Gasteiger partial charge in [0.25, 0.3) is 0 Å². The molecule has 2 aromatic heterocycles. The monoisotopic (exact) mass is 368 g/mol. The molecule has 0 saturated carbocycles. The average Bonchev–Trinajstić information content (AvgIpc) is 3.01. The third-order valence-electron chi connectivity index (χ3n) is 3.11. The van der Waals surface area contributed by atoms with E-state index in [1.54, 1.807) is 17.7 Å². The quantitative estimate of drug-likeness (QED) is 0.682. The van der Waals surface area contributed by atoms with Crippen LogP contribution in [0.15, 0.2) is 28.3 Å². The normalized spacial score (nSPS) is 12.1. The Labute approximate surface area is 138 Å². The van der Waals surface area contributed by atoms with E-state index in [9.17, 15) is 0 Å². The zero-order chi connectivity index (χ0) is 15.1. The van der Waals surface area contributed by atoms with Crippen molar-refractivity contribution in [3.05, 3.63) is 33.2 Å². The smallest absolute Gasteiger partial charge is 0.146 e. The summed E-state index contributed by atoms with van der Waals surface area (Å²) in [6.07, 6.45) is 4.86. The fourth-order valence-corrected chi connectivity index (χ4v) is 3.34. The van der Waals surface area contributed by atoms with Gasteiger partial charge in [0.15, 0.2) is 0 Å². The third-order valence-corrected chi connectivity index (χ3v) is 4.84. The predicted molar refractivity (Wildman–Crippen MR) is 94.1 cm³/mol. The van der Waals surface area contributed by atoms with Crippen molar-refractivity contribution >= 4 is 38.9 Å². The van der Waals surface area contributed by atoms with Crippen LogP contribution in [0.3, 0.4) is 0 Å². The molecule has 21 heavy (non-hydrogen) atoms. The van der Waals surface area contributed by atoms with Crippen molar-refractivity contribution in [1.29, 1.82) is 0 Å². The second kappa shape index (κ2) is 8.34. The largest absolute Gasteiger partial charge is 0.369 e. The maximum Gasteiger partial charge on any atom is 0.146 e. The summed E-state index contributed by atoms with van der Waals surface area (Å²) in [5, 5.41) is 8.96. The topological polar surface area (TPSA) is 49.8 Å². The van der Waals surface area contributed by atoms with Gasteiger partial charge >= 0.3 is 0 Å². The molecule has 2 aromatic rings. The lowest BCUT2D eigenvalue weighted by Crippen LogP contribution is -2.12. The summed E-state index contributed by atoms with van der Waals surface area (Å²) >= 11 is 5.39. The van der Waals surface area contributed by atoms with Crippen molar-refractivity contribution in [3.63, 3.8) is 0 Å². The number of anilines is 2. The fraction of sp³-hybridized carbons (Fsp3) is 0.467. The van der Waals surface area contributed by atoms with Gasteiger partial charge in [0.05, 0.1) is 6.04 Å². The average molecular weight is 369 g/mol. The molecule has 0 fully saturated rings. The van der Waals surface area contributed by atoms with E-state index in [0.717, 1.165) is 41.9 Å². The highest BCUT2D eigenvalue weighted by Gasteiger charge is 2.15. The van der Waals surface area contributed by atoms with E-state index in [-0.39, 0.29) is 0 Å². The second-order valence-electron chi connectivity index (χ2n) is 4.81. The lowest BCUT2D eigenvalue weighted by atomic mass is 10.1. The first-order valence-electron chi connectivity index (χ1n) is 7.30. The van der Waals surface area contributed by atoms with Gasteiger partial charge in [-0.3, -0.25) is 0 Å². The molecule has 4 nitrogen and oxygen atoms in total. The number of hydrogen-bond acceptors (Lipinski definition) is 5. The zero-order valence-electron chi connectivity index (χ0n) is 12.4. The Kier molecular flexibility index (Phi) is 6.45. The Bertz CT molecular complexity index is 545. The molecule has 6 heteroatoms. The lowest BCUT2D eigenvalue weighted by molar-refractivity contribution is 0.683. The van der Waals surface area contributed by atoms with Crippen molar-refractivity contribution in [2.24, 2.45) is 0 Å². The summed E-state index contributed by atoms with van der Waals surface area (Å²) in [4.78, 5) is 10.00. The van der Waals surface area contributed by atoms with E-state index >= 15 is 0 Å². The van der Waals surface area contributed by atoms with Crippen LogP contribution < -0.4 is 10.6 Å². The highest BCUT2D eigenvalue weighted by atomic mass is 79.9. The van der Waals surface area contributed by atoms with Crippen LogP contribution in [0.5, 0.6) is 0 Å². The Morgan fingerprint density at radius 3 is 2.71 bits per heavy atom. The maximum absolute atomic E-state index is 4.37. The molecular formula is C15H21BrN4S. The molecule has 0 amide bonds. The molecule has 0 aliphatic carbocycles. The van der Waals surface area contributed by atoms with E-state index in [1.165, 1.54) is 4.88 Å². The van der Waals surface area contributed by atoms with Gasteiger partial charge in [-0.15, -0.1) is 11.3 Å². The first-order valence-corrected chi connectivity index (χ1v) is 8.97.